The summed E-state index contributed by atoms with van der Waals surface area (Å²) < 4.78 is 5.54. The Labute approximate surface area is 103 Å². The van der Waals surface area contributed by atoms with E-state index in [1.165, 1.54) is 12.0 Å². The third-order valence-corrected chi connectivity index (χ3v) is 3.51. The highest BCUT2D eigenvalue weighted by atomic mass is 16.5. The molecule has 1 saturated heterocycles. The minimum Gasteiger partial charge on any atom is -0.399 e. The number of ether oxygens (including phenoxy) is 1. The van der Waals surface area contributed by atoms with Gasteiger partial charge in [0.25, 0.3) is 0 Å². The van der Waals surface area contributed by atoms with E-state index in [1.54, 1.807) is 0 Å². The molecule has 0 radical (unpaired) electrons. The maximum atomic E-state index is 5.65. The fourth-order valence-corrected chi connectivity index (χ4v) is 2.25. The van der Waals surface area contributed by atoms with Crippen molar-refractivity contribution in [2.75, 3.05) is 25.4 Å². The molecule has 2 atom stereocenters. The van der Waals surface area contributed by atoms with Gasteiger partial charge in [0.05, 0.1) is 6.10 Å². The minimum absolute atomic E-state index is 0.416. The summed E-state index contributed by atoms with van der Waals surface area (Å²) in [5.74, 6) is 0.682. The molecule has 0 amide bonds. The predicted octanol–water partition coefficient (Wildman–Crippen LogP) is 1.83. The van der Waals surface area contributed by atoms with Crippen molar-refractivity contribution in [3.05, 3.63) is 29.8 Å². The Hall–Kier alpha value is -1.06. The number of hydrogen-bond donors (Lipinski definition) is 2. The SMILES string of the molecule is CC1OCCC1CNCCc1ccc(N)cc1. The highest BCUT2D eigenvalue weighted by molar-refractivity contribution is 5.39. The van der Waals surface area contributed by atoms with Gasteiger partial charge in [-0.25, -0.2) is 0 Å². The number of rotatable bonds is 5. The zero-order valence-corrected chi connectivity index (χ0v) is 10.5. The van der Waals surface area contributed by atoms with Crippen LogP contribution in [0.15, 0.2) is 24.3 Å². The zero-order chi connectivity index (χ0) is 12.1. The van der Waals surface area contributed by atoms with Crippen molar-refractivity contribution in [3.8, 4) is 0 Å². The largest absolute Gasteiger partial charge is 0.399 e. The van der Waals surface area contributed by atoms with Crippen molar-refractivity contribution >= 4 is 5.69 Å². The first-order valence-corrected chi connectivity index (χ1v) is 6.42. The Morgan fingerprint density at radius 2 is 2.12 bits per heavy atom. The van der Waals surface area contributed by atoms with Gasteiger partial charge in [-0.05, 0) is 49.9 Å². The molecule has 94 valence electrons. The normalized spacial score (nSPS) is 24.1. The topological polar surface area (TPSA) is 47.3 Å². The summed E-state index contributed by atoms with van der Waals surface area (Å²) in [5.41, 5.74) is 7.82. The van der Waals surface area contributed by atoms with Gasteiger partial charge in [-0.3, -0.25) is 0 Å². The monoisotopic (exact) mass is 234 g/mol. The maximum absolute atomic E-state index is 5.65. The molecule has 2 unspecified atom stereocenters. The average molecular weight is 234 g/mol. The quantitative estimate of drug-likeness (QED) is 0.603. The summed E-state index contributed by atoms with van der Waals surface area (Å²) >= 11 is 0. The first kappa shape index (κ1) is 12.4. The number of nitrogens with one attached hydrogen (secondary N) is 1. The lowest BCUT2D eigenvalue weighted by Gasteiger charge is -2.14. The second-order valence-electron chi connectivity index (χ2n) is 4.82. The Bertz CT molecular complexity index is 337. The lowest BCUT2D eigenvalue weighted by Crippen LogP contribution is -2.28. The number of anilines is 1. The summed E-state index contributed by atoms with van der Waals surface area (Å²) in [6, 6.07) is 8.11. The maximum Gasteiger partial charge on any atom is 0.0588 e. The predicted molar refractivity (Wildman–Crippen MR) is 70.9 cm³/mol. The van der Waals surface area contributed by atoms with Crippen molar-refractivity contribution in [3.63, 3.8) is 0 Å². The molecule has 0 bridgehead atoms. The summed E-state index contributed by atoms with van der Waals surface area (Å²) in [5, 5.41) is 3.51. The van der Waals surface area contributed by atoms with Crippen molar-refractivity contribution in [2.24, 2.45) is 5.92 Å². The lowest BCUT2D eigenvalue weighted by molar-refractivity contribution is 0.105. The number of hydrogen-bond acceptors (Lipinski definition) is 3. The second-order valence-corrected chi connectivity index (χ2v) is 4.82. The molecule has 0 spiro atoms. The standard InChI is InChI=1S/C14H22N2O/c1-11-13(7-9-17-11)10-16-8-6-12-2-4-14(15)5-3-12/h2-5,11,13,16H,6-10,15H2,1H3. The minimum atomic E-state index is 0.416. The van der Waals surface area contributed by atoms with E-state index in [4.69, 9.17) is 10.5 Å². The summed E-state index contributed by atoms with van der Waals surface area (Å²) in [6.45, 7) is 5.17. The van der Waals surface area contributed by atoms with E-state index in [1.807, 2.05) is 12.1 Å². The van der Waals surface area contributed by atoms with Crippen LogP contribution in [-0.2, 0) is 11.2 Å². The molecule has 1 aliphatic heterocycles. The molecule has 0 saturated carbocycles. The van der Waals surface area contributed by atoms with Crippen molar-refractivity contribution in [2.45, 2.75) is 25.9 Å². The molecule has 1 fully saturated rings. The van der Waals surface area contributed by atoms with E-state index >= 15 is 0 Å². The van der Waals surface area contributed by atoms with Crippen LogP contribution in [0, 0.1) is 5.92 Å². The van der Waals surface area contributed by atoms with E-state index in [0.29, 0.717) is 12.0 Å². The fourth-order valence-electron chi connectivity index (χ4n) is 2.25. The molecule has 3 heteroatoms. The van der Waals surface area contributed by atoms with Crippen LogP contribution in [0.25, 0.3) is 0 Å². The van der Waals surface area contributed by atoms with Gasteiger partial charge >= 0.3 is 0 Å². The smallest absolute Gasteiger partial charge is 0.0588 e. The molecular formula is C14H22N2O. The van der Waals surface area contributed by atoms with Crippen LogP contribution in [0.4, 0.5) is 5.69 Å². The van der Waals surface area contributed by atoms with Gasteiger partial charge in [-0.15, -0.1) is 0 Å². The molecule has 0 aliphatic carbocycles. The highest BCUT2D eigenvalue weighted by Gasteiger charge is 2.23. The van der Waals surface area contributed by atoms with Gasteiger partial charge in [0.15, 0.2) is 0 Å². The number of nitrogen functional groups attached to an aromatic ring is 1. The Morgan fingerprint density at radius 3 is 2.76 bits per heavy atom. The molecule has 3 N–H and O–H groups in total. The first-order chi connectivity index (χ1) is 8.25. The third kappa shape index (κ3) is 3.72. The molecule has 1 aromatic carbocycles. The highest BCUT2D eigenvalue weighted by Crippen LogP contribution is 2.19. The van der Waals surface area contributed by atoms with Crippen LogP contribution in [0.1, 0.15) is 18.9 Å². The molecular weight excluding hydrogens is 212 g/mol. The summed E-state index contributed by atoms with van der Waals surface area (Å²) in [7, 11) is 0. The summed E-state index contributed by atoms with van der Waals surface area (Å²) in [6.07, 6.45) is 2.66. The Balaban J connectivity index is 1.64. The number of benzene rings is 1. The van der Waals surface area contributed by atoms with Crippen LogP contribution >= 0.6 is 0 Å². The third-order valence-electron chi connectivity index (χ3n) is 3.51. The molecule has 1 aromatic rings. The van der Waals surface area contributed by atoms with Gasteiger partial charge < -0.3 is 15.8 Å². The Kier molecular flexibility index (Phi) is 4.40. The Morgan fingerprint density at radius 1 is 1.35 bits per heavy atom. The van der Waals surface area contributed by atoms with Gasteiger partial charge in [0.2, 0.25) is 0 Å². The molecule has 1 heterocycles. The van der Waals surface area contributed by atoms with Crippen molar-refractivity contribution in [1.82, 2.24) is 5.32 Å². The number of nitrogens with two attached hydrogens (primary N) is 1. The molecule has 17 heavy (non-hydrogen) atoms. The zero-order valence-electron chi connectivity index (χ0n) is 10.5. The van der Waals surface area contributed by atoms with Crippen molar-refractivity contribution < 1.29 is 4.74 Å². The van der Waals surface area contributed by atoms with Crippen LogP contribution < -0.4 is 11.1 Å². The van der Waals surface area contributed by atoms with Gasteiger partial charge in [-0.2, -0.15) is 0 Å². The van der Waals surface area contributed by atoms with E-state index in [2.05, 4.69) is 24.4 Å². The molecule has 2 rings (SSSR count). The van der Waals surface area contributed by atoms with Crippen LogP contribution in [-0.4, -0.2) is 25.8 Å². The van der Waals surface area contributed by atoms with Gasteiger partial charge in [0, 0.05) is 18.8 Å². The average Bonchev–Trinajstić information content (AvgIpc) is 2.73. The van der Waals surface area contributed by atoms with Gasteiger partial charge in [-0.1, -0.05) is 12.1 Å². The van der Waals surface area contributed by atoms with Crippen LogP contribution in [0.2, 0.25) is 0 Å². The van der Waals surface area contributed by atoms with E-state index in [0.717, 1.165) is 31.8 Å². The molecule has 1 aliphatic rings. The van der Waals surface area contributed by atoms with E-state index in [9.17, 15) is 0 Å². The second kappa shape index (κ2) is 6.03. The van der Waals surface area contributed by atoms with Crippen molar-refractivity contribution in [1.29, 1.82) is 0 Å². The van der Waals surface area contributed by atoms with Crippen LogP contribution in [0.3, 0.4) is 0 Å². The first-order valence-electron chi connectivity index (χ1n) is 6.42. The van der Waals surface area contributed by atoms with Crippen LogP contribution in [0.5, 0.6) is 0 Å². The van der Waals surface area contributed by atoms with E-state index < -0.39 is 0 Å². The van der Waals surface area contributed by atoms with E-state index in [-0.39, 0.29) is 0 Å². The van der Waals surface area contributed by atoms with Gasteiger partial charge in [0.1, 0.15) is 0 Å². The molecule has 3 nitrogen and oxygen atoms in total. The molecule has 0 aromatic heterocycles. The fraction of sp³-hybridized carbons (Fsp3) is 0.571. The summed E-state index contributed by atoms with van der Waals surface area (Å²) in [4.78, 5) is 0. The lowest BCUT2D eigenvalue weighted by atomic mass is 10.0.